The van der Waals surface area contributed by atoms with Crippen molar-refractivity contribution in [3.63, 3.8) is 0 Å². The van der Waals surface area contributed by atoms with E-state index in [-0.39, 0.29) is 58.4 Å². The first kappa shape index (κ1) is 48.8. The minimum atomic E-state index is -0.333. The molecule has 0 aromatic heterocycles. The summed E-state index contributed by atoms with van der Waals surface area (Å²) in [7, 11) is 0. The normalized spacial score (nSPS) is 14.5. The zero-order chi connectivity index (χ0) is 52.9. The second kappa shape index (κ2) is 16.5. The summed E-state index contributed by atoms with van der Waals surface area (Å²) < 4.78 is 0. The van der Waals surface area contributed by atoms with Crippen molar-refractivity contribution in [3.05, 3.63) is 166 Å². The molecule has 0 aliphatic carbocycles. The Morgan fingerprint density at radius 2 is 0.459 bits per heavy atom. The average Bonchev–Trinajstić information content (AvgIpc) is 3.36. The van der Waals surface area contributed by atoms with Gasteiger partial charge in [-0.25, -0.2) is 0 Å². The summed E-state index contributed by atoms with van der Waals surface area (Å²) in [6.45, 7) is 30.6. The Morgan fingerprint density at radius 3 is 0.622 bits per heavy atom. The number of carbonyl (C=O) groups excluding carboxylic acids is 4. The first-order valence-electron chi connectivity index (χ1n) is 26.4. The van der Waals surface area contributed by atoms with Crippen LogP contribution in [0.4, 0.5) is 0 Å². The lowest BCUT2D eigenvalue weighted by Crippen LogP contribution is -2.40. The summed E-state index contributed by atoms with van der Waals surface area (Å²) >= 11 is 0. The van der Waals surface area contributed by atoms with Gasteiger partial charge in [-0.15, -0.1) is 0 Å². The van der Waals surface area contributed by atoms with Crippen LogP contribution in [-0.4, -0.2) is 46.5 Å². The van der Waals surface area contributed by atoms with Gasteiger partial charge in [0.25, 0.3) is 23.6 Å². The van der Waals surface area contributed by atoms with Crippen molar-refractivity contribution in [2.45, 2.75) is 119 Å². The molecule has 2 aliphatic heterocycles. The fourth-order valence-corrected chi connectivity index (χ4v) is 11.8. The molecule has 0 saturated heterocycles. The van der Waals surface area contributed by atoms with Crippen LogP contribution in [0.25, 0.3) is 87.6 Å². The first-order valence-corrected chi connectivity index (χ1v) is 26.4. The molecule has 6 nitrogen and oxygen atoms in total. The zero-order valence-corrected chi connectivity index (χ0v) is 45.5. The average molecular weight is 975 g/mol. The highest BCUT2D eigenvalue weighted by Gasteiger charge is 2.40. The van der Waals surface area contributed by atoms with Crippen molar-refractivity contribution in [1.82, 2.24) is 9.80 Å². The van der Waals surface area contributed by atoms with E-state index in [1.165, 1.54) is 32.1 Å². The Balaban J connectivity index is 1.48. The quantitative estimate of drug-likeness (QED) is 0.0945. The molecule has 0 atom stereocenters. The van der Waals surface area contributed by atoms with Crippen LogP contribution in [0.15, 0.2) is 121 Å². The molecule has 74 heavy (non-hydrogen) atoms. The number of nitrogens with zero attached hydrogens (tertiary/aromatic N) is 2. The van der Waals surface area contributed by atoms with Gasteiger partial charge in [-0.3, -0.25) is 29.0 Å². The van der Waals surface area contributed by atoms with Crippen molar-refractivity contribution in [3.8, 4) is 44.5 Å². The van der Waals surface area contributed by atoms with Gasteiger partial charge in [0.15, 0.2) is 0 Å². The van der Waals surface area contributed by atoms with Crippen LogP contribution in [0.1, 0.15) is 161 Å². The van der Waals surface area contributed by atoms with E-state index < -0.39 is 0 Å². The second-order valence-corrected chi connectivity index (χ2v) is 24.9. The topological polar surface area (TPSA) is 74.8 Å². The lowest BCUT2D eigenvalue weighted by molar-refractivity contribution is 0.0604. The van der Waals surface area contributed by atoms with E-state index in [4.69, 9.17) is 0 Å². The smallest absolute Gasteiger partial charge is 0.261 e. The summed E-state index contributed by atoms with van der Waals surface area (Å²) in [5, 5.41) is 6.29. The van der Waals surface area contributed by atoms with Crippen molar-refractivity contribution in [1.29, 1.82) is 0 Å². The predicted molar refractivity (Wildman–Crippen MR) is 306 cm³/mol. The molecule has 0 unspecified atom stereocenters. The van der Waals surface area contributed by atoms with Gasteiger partial charge in [-0.05, 0) is 148 Å². The fraction of sp³-hybridized carbons (Fsp3) is 0.294. The summed E-state index contributed by atoms with van der Waals surface area (Å²) in [6, 6.07) is 42.7. The van der Waals surface area contributed by atoms with Crippen LogP contribution in [0.5, 0.6) is 0 Å². The molecule has 6 heteroatoms. The zero-order valence-electron chi connectivity index (χ0n) is 45.5. The van der Waals surface area contributed by atoms with Gasteiger partial charge in [0.2, 0.25) is 0 Å². The number of carbonyl (C=O) groups is 4. The summed E-state index contributed by atoms with van der Waals surface area (Å²) in [5.41, 5.74) is 13.0. The third-order valence-corrected chi connectivity index (χ3v) is 16.1. The van der Waals surface area contributed by atoms with E-state index in [9.17, 15) is 0 Å². The molecule has 0 saturated carbocycles. The maximum Gasteiger partial charge on any atom is 0.261 e. The predicted octanol–water partition coefficient (Wildman–Crippen LogP) is 16.8. The van der Waals surface area contributed by atoms with Crippen LogP contribution in [0, 0.1) is 0 Å². The maximum atomic E-state index is 15.2. The summed E-state index contributed by atoms with van der Waals surface area (Å²) in [6.07, 6.45) is 0. The molecule has 2 heterocycles. The van der Waals surface area contributed by atoms with Crippen LogP contribution in [-0.2, 0) is 21.7 Å². The summed E-state index contributed by atoms with van der Waals surface area (Å²) in [5.74, 6) is -1.33. The standard InChI is InChI=1S/C68H66N2O4/c1-15-69-61(71)49-33-45(37-17-25-41(26-18-37)65(3,4)5)55-57-47(39-21-29-43(30-22-39)67(9,10)11)35-51-54-52(64(74)70(16-2)63(51)73)36-48(40-23-31-44(32-24-40)68(12,13)14)58(60(54)57)56-46(34-50(62(69)72)53(49)59(55)56)38-19-27-42(28-20-38)66(6,7)8/h17-36H,15-16H2,1-14H3. The van der Waals surface area contributed by atoms with E-state index >= 15 is 19.2 Å². The minimum absolute atomic E-state index is 0.121. The van der Waals surface area contributed by atoms with Gasteiger partial charge in [-0.2, -0.15) is 0 Å². The molecular formula is C68H66N2O4. The highest BCUT2D eigenvalue weighted by atomic mass is 16.2. The molecule has 0 bridgehead atoms. The second-order valence-electron chi connectivity index (χ2n) is 24.9. The Kier molecular flexibility index (Phi) is 10.9. The molecule has 9 aromatic rings. The molecule has 0 N–H and O–H groups in total. The van der Waals surface area contributed by atoms with Crippen molar-refractivity contribution in [2.75, 3.05) is 13.1 Å². The number of amides is 4. The van der Waals surface area contributed by atoms with Crippen molar-refractivity contribution >= 4 is 66.7 Å². The van der Waals surface area contributed by atoms with Gasteiger partial charge >= 0.3 is 0 Å². The van der Waals surface area contributed by atoms with Gasteiger partial charge in [0.05, 0.1) is 0 Å². The highest BCUT2D eigenvalue weighted by molar-refractivity contribution is 6.47. The number of fused-ring (bicyclic) bond motifs is 2. The Bertz CT molecular complexity index is 3370. The largest absolute Gasteiger partial charge is 0.275 e. The lowest BCUT2D eigenvalue weighted by atomic mass is 9.74. The van der Waals surface area contributed by atoms with Crippen LogP contribution in [0.3, 0.4) is 0 Å². The van der Waals surface area contributed by atoms with Crippen LogP contribution < -0.4 is 0 Å². The molecule has 0 radical (unpaired) electrons. The highest BCUT2D eigenvalue weighted by Crippen LogP contribution is 2.56. The van der Waals surface area contributed by atoms with E-state index in [1.54, 1.807) is 0 Å². The third kappa shape index (κ3) is 7.34. The number of imide groups is 2. The molecule has 2 aliphatic rings. The SMILES string of the molecule is CCN1C(=O)c2cc(-c3ccc(C(C)(C)C)cc3)c3c4c(-c5ccc(C(C)(C)C)cc5)cc5c6c(cc(-c7ccc(C(C)(C)C)cc7)c(c7c(-c8ccc(C(C)(C)C)cc8)cc(c2c37)C1=O)c64)C(=O)N(CC)C5=O. The Hall–Kier alpha value is -7.44. The Labute approximate surface area is 435 Å². The van der Waals surface area contributed by atoms with Gasteiger partial charge in [0, 0.05) is 56.9 Å². The van der Waals surface area contributed by atoms with Gasteiger partial charge in [0.1, 0.15) is 0 Å². The number of rotatable bonds is 6. The molecule has 0 spiro atoms. The molecule has 372 valence electrons. The number of hydrogen-bond acceptors (Lipinski definition) is 4. The number of benzene rings is 9. The van der Waals surface area contributed by atoms with Crippen molar-refractivity contribution < 1.29 is 19.2 Å². The Morgan fingerprint density at radius 1 is 0.270 bits per heavy atom. The van der Waals surface area contributed by atoms with Crippen molar-refractivity contribution in [2.24, 2.45) is 0 Å². The van der Waals surface area contributed by atoms with Gasteiger partial charge in [-0.1, -0.05) is 180 Å². The maximum absolute atomic E-state index is 15.2. The third-order valence-electron chi connectivity index (χ3n) is 16.1. The van der Waals surface area contributed by atoms with Crippen LogP contribution in [0.2, 0.25) is 0 Å². The lowest BCUT2D eigenvalue weighted by Gasteiger charge is -2.33. The van der Waals surface area contributed by atoms with E-state index in [2.05, 4.69) is 180 Å². The van der Waals surface area contributed by atoms with E-state index in [0.29, 0.717) is 33.0 Å². The first-order chi connectivity index (χ1) is 34.8. The molecule has 11 rings (SSSR count). The van der Waals surface area contributed by atoms with E-state index in [0.717, 1.165) is 76.8 Å². The molecular weight excluding hydrogens is 909 g/mol. The molecule has 4 amide bonds. The summed E-state index contributed by atoms with van der Waals surface area (Å²) in [4.78, 5) is 63.4. The monoisotopic (exact) mass is 975 g/mol. The fourth-order valence-electron chi connectivity index (χ4n) is 11.8. The van der Waals surface area contributed by atoms with E-state index in [1.807, 2.05) is 38.1 Å². The van der Waals surface area contributed by atoms with Gasteiger partial charge < -0.3 is 0 Å². The van der Waals surface area contributed by atoms with Crippen LogP contribution >= 0.6 is 0 Å². The minimum Gasteiger partial charge on any atom is -0.275 e. The number of hydrogen-bond donors (Lipinski definition) is 0. The molecule has 0 fully saturated rings. The molecule has 9 aromatic carbocycles.